The van der Waals surface area contributed by atoms with Crippen molar-refractivity contribution in [2.24, 2.45) is 4.99 Å². The number of benzene rings is 4. The maximum absolute atomic E-state index is 14.5. The second-order valence-corrected chi connectivity index (χ2v) is 14.6. The smallest absolute Gasteiger partial charge is 0.338 e. The van der Waals surface area contributed by atoms with E-state index in [0.29, 0.717) is 42.9 Å². The molecule has 8 nitrogen and oxygen atoms in total. The first-order valence-corrected chi connectivity index (χ1v) is 18.4. The fraction of sp³-hybridized carbons (Fsp3) is 0.162. The minimum Gasteiger partial charge on any atom is -0.493 e. The molecule has 0 saturated carbocycles. The normalized spacial score (nSPS) is 14.2. The minimum absolute atomic E-state index is 0.149. The van der Waals surface area contributed by atoms with Crippen LogP contribution < -0.4 is 29.1 Å². The Morgan fingerprint density at radius 1 is 0.980 bits per heavy atom. The van der Waals surface area contributed by atoms with Crippen LogP contribution in [0.2, 0.25) is 5.02 Å². The van der Waals surface area contributed by atoms with E-state index in [2.05, 4.69) is 45.2 Å². The van der Waals surface area contributed by atoms with Crippen LogP contribution in [-0.4, -0.2) is 31.4 Å². The molecule has 0 spiro atoms. The van der Waals surface area contributed by atoms with Gasteiger partial charge in [0.25, 0.3) is 5.56 Å². The lowest BCUT2D eigenvalue weighted by Crippen LogP contribution is -2.40. The number of fused-ring (bicyclic) bond motifs is 1. The molecule has 4 aromatic carbocycles. The zero-order valence-corrected chi connectivity index (χ0v) is 32.4. The highest BCUT2D eigenvalue weighted by Gasteiger charge is 2.35. The third-order valence-electron chi connectivity index (χ3n) is 7.75. The molecule has 0 bridgehead atoms. The predicted molar refractivity (Wildman–Crippen MR) is 208 cm³/mol. The number of nitrogens with zero attached hydrogens (tertiary/aromatic N) is 2. The molecular formula is C37H29ClI2N2O6S. The molecule has 0 N–H and O–H groups in total. The summed E-state index contributed by atoms with van der Waals surface area (Å²) in [5.74, 6) is 1.03. The van der Waals surface area contributed by atoms with Crippen molar-refractivity contribution in [3.8, 4) is 17.2 Å². The molecule has 1 aromatic heterocycles. The van der Waals surface area contributed by atoms with E-state index >= 15 is 0 Å². The monoisotopic (exact) mass is 918 g/mol. The lowest BCUT2D eigenvalue weighted by molar-refractivity contribution is -0.138. The number of esters is 1. The number of carbonyl (C=O) groups is 1. The Balaban J connectivity index is 1.59. The number of methoxy groups -OCH3 is 2. The fourth-order valence-corrected chi connectivity index (χ4v) is 8.75. The highest BCUT2D eigenvalue weighted by molar-refractivity contribution is 14.1. The quantitative estimate of drug-likeness (QED) is 0.107. The summed E-state index contributed by atoms with van der Waals surface area (Å²) in [6, 6.07) is 25.4. The summed E-state index contributed by atoms with van der Waals surface area (Å²) >= 11 is 12.1. The zero-order chi connectivity index (χ0) is 34.7. The molecule has 1 aliphatic heterocycles. The van der Waals surface area contributed by atoms with Crippen molar-refractivity contribution >= 4 is 85.9 Å². The van der Waals surface area contributed by atoms with Gasteiger partial charge in [-0.1, -0.05) is 77.5 Å². The first-order valence-electron chi connectivity index (χ1n) is 15.1. The maximum atomic E-state index is 14.5. The average Bonchev–Trinajstić information content (AvgIpc) is 3.41. The molecule has 0 aliphatic carbocycles. The zero-order valence-electron chi connectivity index (χ0n) is 26.5. The summed E-state index contributed by atoms with van der Waals surface area (Å²) in [5.41, 5.74) is 3.28. The topological polar surface area (TPSA) is 88.4 Å². The van der Waals surface area contributed by atoms with Gasteiger partial charge >= 0.3 is 5.97 Å². The van der Waals surface area contributed by atoms with Crippen molar-refractivity contribution in [2.75, 3.05) is 20.8 Å². The molecule has 0 unspecified atom stereocenters. The molecule has 250 valence electrons. The van der Waals surface area contributed by atoms with Gasteiger partial charge in [0.05, 0.1) is 46.2 Å². The molecule has 6 rings (SSSR count). The molecule has 2 heterocycles. The summed E-state index contributed by atoms with van der Waals surface area (Å²) < 4.78 is 26.9. The molecule has 0 radical (unpaired) electrons. The van der Waals surface area contributed by atoms with Crippen molar-refractivity contribution in [3.63, 3.8) is 0 Å². The van der Waals surface area contributed by atoms with Crippen LogP contribution in [0.3, 0.4) is 0 Å². The number of ether oxygens (including phenoxy) is 4. The van der Waals surface area contributed by atoms with Gasteiger partial charge in [-0.15, -0.1) is 0 Å². The molecule has 5 aromatic rings. The van der Waals surface area contributed by atoms with Gasteiger partial charge in [-0.25, -0.2) is 9.79 Å². The first kappa shape index (κ1) is 35.2. The van der Waals surface area contributed by atoms with Crippen LogP contribution in [0.25, 0.3) is 11.8 Å². The maximum Gasteiger partial charge on any atom is 0.338 e. The Morgan fingerprint density at radius 3 is 2.43 bits per heavy atom. The van der Waals surface area contributed by atoms with Crippen molar-refractivity contribution < 1.29 is 23.7 Å². The number of hydrogen-bond acceptors (Lipinski definition) is 8. The summed E-state index contributed by atoms with van der Waals surface area (Å²) in [7, 11) is 3.09. The fourth-order valence-electron chi connectivity index (χ4n) is 5.53. The lowest BCUT2D eigenvalue weighted by atomic mass is 9.93. The molecule has 12 heteroatoms. The van der Waals surface area contributed by atoms with E-state index in [1.54, 1.807) is 37.8 Å². The van der Waals surface area contributed by atoms with Crippen LogP contribution in [0, 0.1) is 7.14 Å². The minimum atomic E-state index is -0.876. The molecule has 0 saturated heterocycles. The van der Waals surface area contributed by atoms with Crippen molar-refractivity contribution in [1.29, 1.82) is 0 Å². The first-order chi connectivity index (χ1) is 23.7. The summed E-state index contributed by atoms with van der Waals surface area (Å²) in [4.78, 5) is 33.8. The third kappa shape index (κ3) is 7.30. The van der Waals surface area contributed by atoms with Crippen molar-refractivity contribution in [3.05, 3.63) is 145 Å². The summed E-state index contributed by atoms with van der Waals surface area (Å²) in [6.07, 6.45) is 1.82. The van der Waals surface area contributed by atoms with Crippen molar-refractivity contribution in [2.45, 2.75) is 19.6 Å². The molecule has 1 atom stereocenters. The van der Waals surface area contributed by atoms with Gasteiger partial charge in [0.1, 0.15) is 12.4 Å². The second kappa shape index (κ2) is 15.5. The number of hydrogen-bond donors (Lipinski definition) is 0. The van der Waals surface area contributed by atoms with E-state index in [1.165, 1.54) is 11.3 Å². The van der Waals surface area contributed by atoms with Gasteiger partial charge in [-0.05, 0) is 94.1 Å². The Kier molecular flexibility index (Phi) is 11.1. The molecule has 49 heavy (non-hydrogen) atoms. The molecular weight excluding hydrogens is 890 g/mol. The van der Waals surface area contributed by atoms with E-state index in [0.717, 1.165) is 23.8 Å². The summed E-state index contributed by atoms with van der Waals surface area (Å²) in [5, 5.41) is 0.611. The number of carbonyl (C=O) groups excluding carboxylic acids is 1. The van der Waals surface area contributed by atoms with Crippen molar-refractivity contribution in [1.82, 2.24) is 4.57 Å². The van der Waals surface area contributed by atoms with Gasteiger partial charge in [-0.3, -0.25) is 9.36 Å². The molecule has 0 fully saturated rings. The highest BCUT2D eigenvalue weighted by atomic mass is 127. The molecule has 1 aliphatic rings. The van der Waals surface area contributed by atoms with E-state index in [-0.39, 0.29) is 24.3 Å². The number of thiazole rings is 1. The van der Waals surface area contributed by atoms with E-state index in [1.807, 2.05) is 78.9 Å². The van der Waals surface area contributed by atoms with E-state index < -0.39 is 12.0 Å². The predicted octanol–water partition coefficient (Wildman–Crippen LogP) is 7.39. The molecule has 0 amide bonds. The standard InChI is InChI=1S/C37H29ClI2N2O6S/c1-4-47-36(44)31-32(21-10-6-5-7-11-21)41-37-42(33(31)22-14-15-28(45-2)29(17-22)46-3)35(43)30(49-37)18-24-16-25(39)19-27(40)34(24)48-20-23-12-8-9-13-26(23)38/h5-19,33H,4,20H2,1-3H3/b30-18-/t33-/m0/s1. The third-order valence-corrected chi connectivity index (χ3v) is 10.5. The lowest BCUT2D eigenvalue weighted by Gasteiger charge is -2.26. The Bertz CT molecular complexity index is 2270. The van der Waals surface area contributed by atoms with E-state index in [9.17, 15) is 9.59 Å². The van der Waals surface area contributed by atoms with Crippen LogP contribution in [0.4, 0.5) is 0 Å². The van der Waals surface area contributed by atoms with Crippen LogP contribution in [0.5, 0.6) is 17.2 Å². The largest absolute Gasteiger partial charge is 0.493 e. The highest BCUT2D eigenvalue weighted by Crippen LogP contribution is 2.38. The van der Waals surface area contributed by atoms with Gasteiger partial charge < -0.3 is 18.9 Å². The second-order valence-electron chi connectivity index (χ2n) is 10.7. The van der Waals surface area contributed by atoms with Gasteiger partial charge in [-0.2, -0.15) is 0 Å². The van der Waals surface area contributed by atoms with Crippen LogP contribution in [0.15, 0.2) is 100 Å². The van der Waals surface area contributed by atoms with Gasteiger partial charge in [0.15, 0.2) is 16.3 Å². The Morgan fingerprint density at radius 2 is 1.71 bits per heavy atom. The van der Waals surface area contributed by atoms with Crippen LogP contribution in [-0.2, 0) is 16.1 Å². The number of aromatic nitrogens is 1. The number of halogens is 3. The van der Waals surface area contributed by atoms with Gasteiger partial charge in [0.2, 0.25) is 0 Å². The van der Waals surface area contributed by atoms with Crippen LogP contribution >= 0.6 is 68.1 Å². The van der Waals surface area contributed by atoms with Gasteiger partial charge in [0, 0.05) is 25.3 Å². The Hall–Kier alpha value is -3.66. The average molecular weight is 919 g/mol. The van der Waals surface area contributed by atoms with E-state index in [4.69, 9.17) is 35.5 Å². The van der Waals surface area contributed by atoms with Crippen LogP contribution in [0.1, 0.15) is 35.2 Å². The SMILES string of the molecule is CCOC(=O)C1=C(c2ccccc2)N=c2s/c(=C\c3cc(I)cc(I)c3OCc3ccccc3Cl)c(=O)n2[C@H]1c1ccc(OC)c(OC)c1. The summed E-state index contributed by atoms with van der Waals surface area (Å²) in [6.45, 7) is 2.14. The Labute approximate surface area is 318 Å². The number of rotatable bonds is 10.